The van der Waals surface area contributed by atoms with Gasteiger partial charge in [0.05, 0.1) is 5.56 Å². The molecular formula is C16H18ClN3O2S. The summed E-state index contributed by atoms with van der Waals surface area (Å²) in [6, 6.07) is 8.62. The molecule has 0 saturated carbocycles. The van der Waals surface area contributed by atoms with Gasteiger partial charge in [0.2, 0.25) is 0 Å². The molecule has 0 unspecified atom stereocenters. The highest BCUT2D eigenvalue weighted by atomic mass is 35.5. The number of halogens is 1. The van der Waals surface area contributed by atoms with E-state index in [0.29, 0.717) is 21.7 Å². The first-order valence-electron chi connectivity index (χ1n) is 6.96. The molecular weight excluding hydrogens is 334 g/mol. The first-order valence-corrected chi connectivity index (χ1v) is 8.56. The summed E-state index contributed by atoms with van der Waals surface area (Å²) >= 11 is 7.37. The van der Waals surface area contributed by atoms with E-state index in [0.717, 1.165) is 5.69 Å². The summed E-state index contributed by atoms with van der Waals surface area (Å²) in [5.41, 5.74) is 0.773. The Morgan fingerprint density at radius 2 is 1.87 bits per heavy atom. The van der Waals surface area contributed by atoms with E-state index < -0.39 is 5.60 Å². The van der Waals surface area contributed by atoms with Gasteiger partial charge in [-0.1, -0.05) is 23.4 Å². The summed E-state index contributed by atoms with van der Waals surface area (Å²) in [7, 11) is 0. The molecule has 0 spiro atoms. The van der Waals surface area contributed by atoms with Crippen LogP contribution >= 0.6 is 23.4 Å². The number of benzene rings is 1. The number of ether oxygens (including phenoxy) is 1. The quantitative estimate of drug-likeness (QED) is 0.377. The predicted molar refractivity (Wildman–Crippen MR) is 93.7 cm³/mol. The van der Waals surface area contributed by atoms with Gasteiger partial charge in [0.1, 0.15) is 16.6 Å². The molecule has 23 heavy (non-hydrogen) atoms. The summed E-state index contributed by atoms with van der Waals surface area (Å²) in [4.78, 5) is 20.4. The van der Waals surface area contributed by atoms with E-state index in [1.54, 1.807) is 30.3 Å². The fourth-order valence-corrected chi connectivity index (χ4v) is 2.34. The Kier molecular flexibility index (Phi) is 5.49. The highest BCUT2D eigenvalue weighted by molar-refractivity contribution is 7.98. The number of hydrogen-bond acceptors (Lipinski definition) is 6. The van der Waals surface area contributed by atoms with Gasteiger partial charge >= 0.3 is 5.97 Å². The van der Waals surface area contributed by atoms with Crippen molar-refractivity contribution in [3.8, 4) is 0 Å². The number of hydrogen-bond donors (Lipinski definition) is 1. The lowest BCUT2D eigenvalue weighted by atomic mass is 10.1. The largest absolute Gasteiger partial charge is 0.456 e. The first kappa shape index (κ1) is 17.6. The molecule has 0 atom stereocenters. The summed E-state index contributed by atoms with van der Waals surface area (Å²) < 4.78 is 5.33. The fraction of sp³-hybridized carbons (Fsp3) is 0.312. The van der Waals surface area contributed by atoms with Crippen molar-refractivity contribution in [2.75, 3.05) is 11.6 Å². The summed E-state index contributed by atoms with van der Waals surface area (Å²) in [5, 5.41) is 4.09. The van der Waals surface area contributed by atoms with Gasteiger partial charge in [-0.05, 0) is 51.3 Å². The third-order valence-corrected chi connectivity index (χ3v) is 3.39. The molecule has 1 N–H and O–H groups in total. The number of esters is 1. The van der Waals surface area contributed by atoms with E-state index in [1.807, 2.05) is 27.0 Å². The van der Waals surface area contributed by atoms with Crippen molar-refractivity contribution in [2.24, 2.45) is 0 Å². The molecule has 0 fully saturated rings. The number of nitrogens with one attached hydrogen (secondary N) is 1. The lowest BCUT2D eigenvalue weighted by Gasteiger charge is -2.19. The Balaban J connectivity index is 2.11. The van der Waals surface area contributed by atoms with Crippen molar-refractivity contribution in [2.45, 2.75) is 31.5 Å². The van der Waals surface area contributed by atoms with Crippen LogP contribution in [0, 0.1) is 0 Å². The minimum atomic E-state index is -0.514. The number of rotatable bonds is 4. The van der Waals surface area contributed by atoms with E-state index in [-0.39, 0.29) is 5.97 Å². The second-order valence-corrected chi connectivity index (χ2v) is 6.93. The monoisotopic (exact) mass is 351 g/mol. The van der Waals surface area contributed by atoms with Crippen LogP contribution in [0.2, 0.25) is 5.15 Å². The molecule has 0 bridgehead atoms. The number of aromatic nitrogens is 2. The minimum absolute atomic E-state index is 0.348. The molecule has 0 aliphatic heterocycles. The Morgan fingerprint density at radius 3 is 2.43 bits per heavy atom. The molecule has 0 radical (unpaired) electrons. The Bertz CT molecular complexity index is 699. The van der Waals surface area contributed by atoms with Crippen LogP contribution in [0.3, 0.4) is 0 Å². The SMILES string of the molecule is CSc1nc(Cl)cc(Nc2ccc(C(=O)OC(C)(C)C)cc2)n1. The Hall–Kier alpha value is -1.79. The molecule has 1 heterocycles. The van der Waals surface area contributed by atoms with Gasteiger partial charge in [0, 0.05) is 11.8 Å². The lowest BCUT2D eigenvalue weighted by Crippen LogP contribution is -2.23. The van der Waals surface area contributed by atoms with Crippen LogP contribution < -0.4 is 5.32 Å². The molecule has 5 nitrogen and oxygen atoms in total. The maximum Gasteiger partial charge on any atom is 0.338 e. The van der Waals surface area contributed by atoms with Crippen LogP contribution in [0.1, 0.15) is 31.1 Å². The van der Waals surface area contributed by atoms with Crippen molar-refractivity contribution in [3.05, 3.63) is 41.0 Å². The zero-order valence-corrected chi connectivity index (χ0v) is 15.0. The van der Waals surface area contributed by atoms with E-state index in [9.17, 15) is 4.79 Å². The number of carbonyl (C=O) groups is 1. The number of carbonyl (C=O) groups excluding carboxylic acids is 1. The average molecular weight is 352 g/mol. The van der Waals surface area contributed by atoms with Crippen molar-refractivity contribution in [3.63, 3.8) is 0 Å². The van der Waals surface area contributed by atoms with Crippen LogP contribution in [0.15, 0.2) is 35.5 Å². The topological polar surface area (TPSA) is 64.1 Å². The zero-order valence-electron chi connectivity index (χ0n) is 13.4. The summed E-state index contributed by atoms with van der Waals surface area (Å²) in [5.74, 6) is 0.248. The third-order valence-electron chi connectivity index (χ3n) is 2.65. The van der Waals surface area contributed by atoms with Crippen LogP contribution in [-0.2, 0) is 4.74 Å². The molecule has 122 valence electrons. The maximum absolute atomic E-state index is 12.0. The Labute approximate surface area is 144 Å². The molecule has 0 aliphatic rings. The van der Waals surface area contributed by atoms with Crippen LogP contribution in [0.5, 0.6) is 0 Å². The maximum atomic E-state index is 12.0. The Morgan fingerprint density at radius 1 is 1.22 bits per heavy atom. The van der Waals surface area contributed by atoms with Gasteiger partial charge in [-0.2, -0.15) is 0 Å². The summed E-state index contributed by atoms with van der Waals surface area (Å²) in [6.45, 7) is 5.51. The average Bonchev–Trinajstić information content (AvgIpc) is 2.45. The van der Waals surface area contributed by atoms with Crippen LogP contribution in [-0.4, -0.2) is 27.8 Å². The highest BCUT2D eigenvalue weighted by Crippen LogP contribution is 2.21. The van der Waals surface area contributed by atoms with Gasteiger partial charge in [-0.25, -0.2) is 14.8 Å². The van der Waals surface area contributed by atoms with Crippen LogP contribution in [0.4, 0.5) is 11.5 Å². The van der Waals surface area contributed by atoms with Gasteiger partial charge in [0.25, 0.3) is 0 Å². The molecule has 1 aromatic heterocycles. The zero-order chi connectivity index (χ0) is 17.0. The second kappa shape index (κ2) is 7.19. The number of anilines is 2. The van der Waals surface area contributed by atoms with Gasteiger partial charge in [-0.15, -0.1) is 0 Å². The lowest BCUT2D eigenvalue weighted by molar-refractivity contribution is 0.00696. The number of nitrogens with zero attached hydrogens (tertiary/aromatic N) is 2. The fourth-order valence-electron chi connectivity index (χ4n) is 1.73. The van der Waals surface area contributed by atoms with Gasteiger partial charge in [-0.3, -0.25) is 0 Å². The van der Waals surface area contributed by atoms with Crippen molar-refractivity contribution in [1.29, 1.82) is 0 Å². The van der Waals surface area contributed by atoms with Crippen LogP contribution in [0.25, 0.3) is 0 Å². The third kappa shape index (κ3) is 5.41. The normalized spacial score (nSPS) is 11.2. The highest BCUT2D eigenvalue weighted by Gasteiger charge is 2.17. The molecule has 7 heteroatoms. The molecule has 0 amide bonds. The van der Waals surface area contributed by atoms with E-state index in [4.69, 9.17) is 16.3 Å². The van der Waals surface area contributed by atoms with E-state index in [1.165, 1.54) is 11.8 Å². The van der Waals surface area contributed by atoms with E-state index in [2.05, 4.69) is 15.3 Å². The first-order chi connectivity index (χ1) is 10.8. The van der Waals surface area contributed by atoms with Crippen molar-refractivity contribution < 1.29 is 9.53 Å². The molecule has 2 aromatic rings. The van der Waals surface area contributed by atoms with Gasteiger partial charge < -0.3 is 10.1 Å². The molecule has 1 aromatic carbocycles. The predicted octanol–water partition coefficient (Wildman–Crippen LogP) is 4.55. The molecule has 2 rings (SSSR count). The smallest absolute Gasteiger partial charge is 0.338 e. The van der Waals surface area contributed by atoms with Crippen molar-refractivity contribution in [1.82, 2.24) is 9.97 Å². The minimum Gasteiger partial charge on any atom is -0.456 e. The van der Waals surface area contributed by atoms with Gasteiger partial charge in [0.15, 0.2) is 5.16 Å². The standard InChI is InChI=1S/C16H18ClN3O2S/c1-16(2,3)22-14(21)10-5-7-11(8-6-10)18-13-9-12(17)19-15(20-13)23-4/h5-9H,1-4H3,(H,18,19,20). The molecule has 0 aliphatic carbocycles. The number of thioether (sulfide) groups is 1. The summed E-state index contributed by atoms with van der Waals surface area (Å²) in [6.07, 6.45) is 1.88. The van der Waals surface area contributed by atoms with E-state index >= 15 is 0 Å². The second-order valence-electron chi connectivity index (χ2n) is 5.77. The molecule has 0 saturated heterocycles. The van der Waals surface area contributed by atoms with Crippen molar-refractivity contribution >= 4 is 40.8 Å².